The number of fused-ring (bicyclic) bond motifs is 2. The van der Waals surface area contributed by atoms with Gasteiger partial charge in [0.05, 0.1) is 5.69 Å². The van der Waals surface area contributed by atoms with Crippen LogP contribution in [0, 0.1) is 29.6 Å². The summed E-state index contributed by atoms with van der Waals surface area (Å²) in [6.07, 6.45) is 14.1. The van der Waals surface area contributed by atoms with Gasteiger partial charge in [0.1, 0.15) is 17.0 Å². The molecule has 0 bridgehead atoms. The number of nitrogens with zero attached hydrogens (tertiary/aromatic N) is 4. The molecule has 1 aliphatic rings. The maximum atomic E-state index is 12.9. The van der Waals surface area contributed by atoms with Gasteiger partial charge < -0.3 is 0 Å². The number of terminal acetylenes is 1. The molecule has 34 heavy (non-hydrogen) atoms. The predicted octanol–water partition coefficient (Wildman–Crippen LogP) is 4.46. The van der Waals surface area contributed by atoms with Crippen molar-refractivity contribution in [2.24, 2.45) is 5.41 Å². The van der Waals surface area contributed by atoms with Crippen LogP contribution in [0.4, 0.5) is 0 Å². The van der Waals surface area contributed by atoms with Gasteiger partial charge in [-0.05, 0) is 67.0 Å². The first-order chi connectivity index (χ1) is 16.5. The molecule has 4 aromatic rings. The molecule has 0 amide bonds. The van der Waals surface area contributed by atoms with Crippen LogP contribution in [0.5, 0.6) is 0 Å². The Bertz CT molecular complexity index is 1460. The molecule has 5 nitrogen and oxygen atoms in total. The zero-order valence-corrected chi connectivity index (χ0v) is 19.5. The Morgan fingerprint density at radius 1 is 1.06 bits per heavy atom. The molecular formula is C29H26N4O. The lowest BCUT2D eigenvalue weighted by atomic mass is 9.73. The van der Waals surface area contributed by atoms with E-state index >= 15 is 0 Å². The first-order valence-electron chi connectivity index (χ1n) is 11.4. The zero-order valence-electron chi connectivity index (χ0n) is 19.5. The van der Waals surface area contributed by atoms with Crippen LogP contribution in [-0.2, 0) is 12.8 Å². The summed E-state index contributed by atoms with van der Waals surface area (Å²) < 4.78 is 1.65. The van der Waals surface area contributed by atoms with E-state index in [-0.39, 0.29) is 11.0 Å². The number of hydrogen-bond donors (Lipinski definition) is 0. The summed E-state index contributed by atoms with van der Waals surface area (Å²) in [6, 6.07) is 14.9. The molecule has 1 atom stereocenters. The van der Waals surface area contributed by atoms with Crippen molar-refractivity contribution < 1.29 is 0 Å². The summed E-state index contributed by atoms with van der Waals surface area (Å²) in [5.41, 5.74) is 5.01. The van der Waals surface area contributed by atoms with Crippen molar-refractivity contribution in [3.8, 4) is 24.2 Å². The van der Waals surface area contributed by atoms with Gasteiger partial charge in [0.15, 0.2) is 0 Å². The lowest BCUT2D eigenvalue weighted by molar-refractivity contribution is 0.264. The van der Waals surface area contributed by atoms with Crippen LogP contribution in [0.3, 0.4) is 0 Å². The Balaban J connectivity index is 0.000000291. The molecule has 1 unspecified atom stereocenters. The van der Waals surface area contributed by atoms with E-state index in [0.29, 0.717) is 11.3 Å². The minimum absolute atomic E-state index is 0.0635. The summed E-state index contributed by atoms with van der Waals surface area (Å²) in [6.45, 7) is 4.46. The highest BCUT2D eigenvalue weighted by Crippen LogP contribution is 2.35. The highest BCUT2D eigenvalue weighted by Gasteiger charge is 2.31. The largest absolute Gasteiger partial charge is 0.269 e. The van der Waals surface area contributed by atoms with Gasteiger partial charge in [0.25, 0.3) is 5.56 Å². The molecule has 0 aromatic carbocycles. The topological polar surface area (TPSA) is 60.1 Å². The smallest absolute Gasteiger partial charge is 0.261 e. The van der Waals surface area contributed by atoms with E-state index in [1.165, 1.54) is 0 Å². The van der Waals surface area contributed by atoms with Crippen molar-refractivity contribution in [2.45, 2.75) is 39.5 Å². The van der Waals surface area contributed by atoms with Crippen LogP contribution in [0.25, 0.3) is 5.65 Å². The van der Waals surface area contributed by atoms with E-state index in [1.807, 2.05) is 42.5 Å². The zero-order chi connectivity index (χ0) is 24.0. The molecule has 0 radical (unpaired) electrons. The molecule has 0 aliphatic heterocycles. The molecule has 4 heterocycles. The molecule has 5 heteroatoms. The van der Waals surface area contributed by atoms with E-state index in [2.05, 4.69) is 41.6 Å². The predicted molar refractivity (Wildman–Crippen MR) is 134 cm³/mol. The van der Waals surface area contributed by atoms with E-state index < -0.39 is 0 Å². The van der Waals surface area contributed by atoms with Gasteiger partial charge in [-0.15, -0.1) is 6.42 Å². The summed E-state index contributed by atoms with van der Waals surface area (Å²) >= 11 is 0. The van der Waals surface area contributed by atoms with Crippen molar-refractivity contribution in [1.82, 2.24) is 19.4 Å². The molecular weight excluding hydrogens is 420 g/mol. The maximum Gasteiger partial charge on any atom is 0.261 e. The van der Waals surface area contributed by atoms with E-state index in [4.69, 9.17) is 11.4 Å². The van der Waals surface area contributed by atoms with Gasteiger partial charge in [-0.3, -0.25) is 9.20 Å². The molecule has 1 aliphatic carbocycles. The van der Waals surface area contributed by atoms with Gasteiger partial charge in [0, 0.05) is 29.7 Å². The SMILES string of the molecule is C#Cc1ccccn1.CCC1(C)CCc2nc3cc(C#Cc4ccccn4)ccn3c(=O)c2C1. The minimum Gasteiger partial charge on any atom is -0.269 e. The molecule has 0 spiro atoms. The van der Waals surface area contributed by atoms with Crippen molar-refractivity contribution in [3.63, 3.8) is 0 Å². The Kier molecular flexibility index (Phi) is 6.85. The van der Waals surface area contributed by atoms with E-state index in [9.17, 15) is 4.79 Å². The highest BCUT2D eigenvalue weighted by molar-refractivity contribution is 5.50. The molecule has 0 saturated heterocycles. The maximum absolute atomic E-state index is 12.9. The highest BCUT2D eigenvalue weighted by atomic mass is 16.1. The fourth-order valence-corrected chi connectivity index (χ4v) is 3.94. The van der Waals surface area contributed by atoms with Crippen molar-refractivity contribution in [2.75, 3.05) is 0 Å². The summed E-state index contributed by atoms with van der Waals surface area (Å²) in [7, 11) is 0. The van der Waals surface area contributed by atoms with Crippen LogP contribution in [-0.4, -0.2) is 19.4 Å². The van der Waals surface area contributed by atoms with Gasteiger partial charge in [-0.2, -0.15) is 0 Å². The Labute approximate surface area is 200 Å². The van der Waals surface area contributed by atoms with Crippen molar-refractivity contribution in [3.05, 3.63) is 106 Å². The summed E-state index contributed by atoms with van der Waals surface area (Å²) in [5, 5.41) is 0. The van der Waals surface area contributed by atoms with Crippen LogP contribution in [0.15, 0.2) is 71.9 Å². The van der Waals surface area contributed by atoms with Gasteiger partial charge in [-0.1, -0.05) is 44.2 Å². The van der Waals surface area contributed by atoms with Crippen molar-refractivity contribution in [1.29, 1.82) is 0 Å². The second-order valence-corrected chi connectivity index (χ2v) is 8.65. The van der Waals surface area contributed by atoms with E-state index in [0.717, 1.165) is 48.2 Å². The quantitative estimate of drug-likeness (QED) is 0.405. The number of aromatic nitrogens is 4. The van der Waals surface area contributed by atoms with Gasteiger partial charge in [-0.25, -0.2) is 15.0 Å². The molecule has 0 saturated carbocycles. The number of hydrogen-bond acceptors (Lipinski definition) is 4. The second kappa shape index (κ2) is 10.1. The standard InChI is InChI=1S/C22H21N3O.C7H5N/c1-3-22(2)11-9-19-18(15-22)21(26)25-13-10-16(14-20(25)24-19)7-8-17-6-4-5-12-23-17;1-2-7-5-3-4-6-8-7/h4-6,10,12-14H,3,9,11,15H2,1-2H3;1,3-6H. The number of rotatable bonds is 1. The van der Waals surface area contributed by atoms with Crippen LogP contribution >= 0.6 is 0 Å². The fourth-order valence-electron chi connectivity index (χ4n) is 3.94. The fraction of sp³-hybridized carbons (Fsp3) is 0.241. The monoisotopic (exact) mass is 446 g/mol. The third-order valence-electron chi connectivity index (χ3n) is 6.24. The molecule has 168 valence electrons. The van der Waals surface area contributed by atoms with Crippen molar-refractivity contribution >= 4 is 5.65 Å². The average Bonchev–Trinajstić information content (AvgIpc) is 2.89. The third kappa shape index (κ3) is 5.22. The lowest BCUT2D eigenvalue weighted by Crippen LogP contribution is -2.33. The van der Waals surface area contributed by atoms with Gasteiger partial charge in [0.2, 0.25) is 0 Å². The minimum atomic E-state index is 0.0635. The Hall–Kier alpha value is -4.22. The molecule has 5 rings (SSSR count). The molecule has 0 fully saturated rings. The first-order valence-corrected chi connectivity index (χ1v) is 11.4. The van der Waals surface area contributed by atoms with Crippen LogP contribution in [0.2, 0.25) is 0 Å². The summed E-state index contributed by atoms with van der Waals surface area (Å²) in [4.78, 5) is 25.8. The van der Waals surface area contributed by atoms with E-state index in [1.54, 1.807) is 29.1 Å². The lowest BCUT2D eigenvalue weighted by Gasteiger charge is -2.33. The molecule has 4 aromatic heterocycles. The normalized spacial score (nSPS) is 16.3. The number of aryl methyl sites for hydroxylation is 1. The molecule has 0 N–H and O–H groups in total. The third-order valence-corrected chi connectivity index (χ3v) is 6.24. The second-order valence-electron chi connectivity index (χ2n) is 8.65. The number of pyridine rings is 3. The van der Waals surface area contributed by atoms with Crippen LogP contribution < -0.4 is 5.56 Å². The Morgan fingerprint density at radius 3 is 2.41 bits per heavy atom. The Morgan fingerprint density at radius 2 is 1.79 bits per heavy atom. The first kappa shape index (κ1) is 23.0. The van der Waals surface area contributed by atoms with Crippen LogP contribution in [0.1, 0.15) is 54.9 Å². The average molecular weight is 447 g/mol. The van der Waals surface area contributed by atoms with Gasteiger partial charge >= 0.3 is 0 Å². The summed E-state index contributed by atoms with van der Waals surface area (Å²) in [5.74, 6) is 8.57.